The molecule has 8 atom stereocenters. The SMILES string of the molecule is C[C@]12CC[C@@]3(CS3)CC1CCC1C2CC[C@@]2(C)C1CC[C@]2(C)O. The van der Waals surface area contributed by atoms with Crippen LogP contribution in [0.1, 0.15) is 78.6 Å². The first-order chi connectivity index (χ1) is 10.8. The van der Waals surface area contributed by atoms with Crippen molar-refractivity contribution in [2.45, 2.75) is 88.9 Å². The summed E-state index contributed by atoms with van der Waals surface area (Å²) < 4.78 is 0.733. The maximum absolute atomic E-state index is 11.0. The second-order valence-corrected chi connectivity index (χ2v) is 12.0. The van der Waals surface area contributed by atoms with Crippen LogP contribution in [0.5, 0.6) is 0 Å². The molecule has 1 heterocycles. The van der Waals surface area contributed by atoms with E-state index >= 15 is 0 Å². The molecule has 4 aliphatic carbocycles. The van der Waals surface area contributed by atoms with Crippen molar-refractivity contribution in [3.8, 4) is 0 Å². The lowest BCUT2D eigenvalue weighted by Crippen LogP contribution is -2.56. The van der Waals surface area contributed by atoms with E-state index in [1.807, 2.05) is 0 Å². The molecule has 0 aromatic heterocycles. The lowest BCUT2D eigenvalue weighted by Gasteiger charge is -2.61. The van der Waals surface area contributed by atoms with E-state index in [2.05, 4.69) is 32.5 Å². The van der Waals surface area contributed by atoms with Gasteiger partial charge in [-0.2, -0.15) is 11.8 Å². The van der Waals surface area contributed by atoms with Crippen molar-refractivity contribution in [2.24, 2.45) is 34.5 Å². The van der Waals surface area contributed by atoms with Gasteiger partial charge in [0.15, 0.2) is 0 Å². The Labute approximate surface area is 146 Å². The van der Waals surface area contributed by atoms with E-state index in [1.165, 1.54) is 57.1 Å². The van der Waals surface area contributed by atoms with Crippen LogP contribution in [0.25, 0.3) is 0 Å². The van der Waals surface area contributed by atoms with E-state index in [0.717, 1.165) is 34.8 Å². The Bertz CT molecular complexity index is 524. The maximum atomic E-state index is 11.0. The van der Waals surface area contributed by atoms with Crippen molar-refractivity contribution in [1.29, 1.82) is 0 Å². The Hall–Kier alpha value is 0.310. The summed E-state index contributed by atoms with van der Waals surface area (Å²) >= 11 is 2.26. The highest BCUT2D eigenvalue weighted by molar-refractivity contribution is 8.07. The number of thioether (sulfide) groups is 1. The van der Waals surface area contributed by atoms with Gasteiger partial charge in [-0.15, -0.1) is 0 Å². The van der Waals surface area contributed by atoms with Crippen LogP contribution < -0.4 is 0 Å². The highest BCUT2D eigenvalue weighted by Crippen LogP contribution is 2.71. The van der Waals surface area contributed by atoms with Crippen LogP contribution in [0, 0.1) is 34.5 Å². The molecule has 5 rings (SSSR count). The Balaban J connectivity index is 1.45. The van der Waals surface area contributed by atoms with E-state index < -0.39 is 5.60 Å². The number of rotatable bonds is 0. The van der Waals surface area contributed by atoms with Crippen molar-refractivity contribution < 1.29 is 5.11 Å². The van der Waals surface area contributed by atoms with Gasteiger partial charge >= 0.3 is 0 Å². The predicted molar refractivity (Wildman–Crippen MR) is 97.5 cm³/mol. The maximum Gasteiger partial charge on any atom is 0.0675 e. The molecule has 0 aromatic rings. The Kier molecular flexibility index (Phi) is 3.06. The molecule has 1 N–H and O–H groups in total. The highest BCUT2D eigenvalue weighted by atomic mass is 32.2. The van der Waals surface area contributed by atoms with E-state index in [-0.39, 0.29) is 5.41 Å². The summed E-state index contributed by atoms with van der Waals surface area (Å²) in [6, 6.07) is 0. The summed E-state index contributed by atoms with van der Waals surface area (Å²) in [4.78, 5) is 0. The third-order valence-corrected chi connectivity index (χ3v) is 11.4. The van der Waals surface area contributed by atoms with E-state index in [0.29, 0.717) is 5.41 Å². The fourth-order valence-corrected chi connectivity index (χ4v) is 8.95. The van der Waals surface area contributed by atoms with Crippen LogP contribution in [-0.4, -0.2) is 21.2 Å². The van der Waals surface area contributed by atoms with Gasteiger partial charge in [-0.05, 0) is 99.2 Å². The molecule has 5 fully saturated rings. The number of fused-ring (bicyclic) bond motifs is 5. The van der Waals surface area contributed by atoms with Crippen molar-refractivity contribution in [3.63, 3.8) is 0 Å². The second kappa shape index (κ2) is 4.53. The summed E-state index contributed by atoms with van der Waals surface area (Å²) in [5, 5.41) is 11.0. The summed E-state index contributed by atoms with van der Waals surface area (Å²) in [7, 11) is 0. The third kappa shape index (κ3) is 1.92. The Morgan fingerprint density at radius 2 is 1.61 bits per heavy atom. The third-order valence-electron chi connectivity index (χ3n) is 9.92. The van der Waals surface area contributed by atoms with E-state index in [4.69, 9.17) is 0 Å². The lowest BCUT2D eigenvalue weighted by molar-refractivity contribution is -0.146. The molecule has 1 saturated heterocycles. The molecule has 5 aliphatic rings. The van der Waals surface area contributed by atoms with Gasteiger partial charge in [-0.1, -0.05) is 13.8 Å². The smallest absolute Gasteiger partial charge is 0.0675 e. The first-order valence-electron chi connectivity index (χ1n) is 10.2. The molecule has 0 bridgehead atoms. The highest BCUT2D eigenvalue weighted by Gasteiger charge is 2.64. The molecule has 0 radical (unpaired) electrons. The van der Waals surface area contributed by atoms with Gasteiger partial charge in [-0.25, -0.2) is 0 Å². The van der Waals surface area contributed by atoms with Crippen molar-refractivity contribution >= 4 is 11.8 Å². The standard InChI is InChI=1S/C21H34OS/c1-18-10-11-21(13-23-21)12-14(18)4-5-15-16(18)6-8-19(2)17(15)7-9-20(19,3)22/h14-17,22H,4-13H2,1-3H3/t14?,15?,16?,17?,18-,19-,20-,21-/m0/s1. The van der Waals surface area contributed by atoms with E-state index in [9.17, 15) is 5.11 Å². The number of aliphatic hydroxyl groups is 1. The first kappa shape index (κ1) is 15.6. The molecule has 0 amide bonds. The van der Waals surface area contributed by atoms with Gasteiger partial charge in [0.25, 0.3) is 0 Å². The molecule has 130 valence electrons. The van der Waals surface area contributed by atoms with Crippen LogP contribution in [0.3, 0.4) is 0 Å². The van der Waals surface area contributed by atoms with E-state index in [1.54, 1.807) is 0 Å². The average molecular weight is 335 g/mol. The predicted octanol–water partition coefficient (Wildman–Crippen LogP) is 5.27. The molecule has 4 unspecified atom stereocenters. The largest absolute Gasteiger partial charge is 0.390 e. The van der Waals surface area contributed by atoms with Crippen LogP contribution in [0.4, 0.5) is 0 Å². The zero-order valence-electron chi connectivity index (χ0n) is 15.2. The number of hydrogen-bond acceptors (Lipinski definition) is 2. The van der Waals surface area contributed by atoms with Crippen molar-refractivity contribution in [3.05, 3.63) is 0 Å². The van der Waals surface area contributed by atoms with Crippen LogP contribution in [0.15, 0.2) is 0 Å². The minimum absolute atomic E-state index is 0.194. The zero-order valence-corrected chi connectivity index (χ0v) is 16.1. The van der Waals surface area contributed by atoms with Gasteiger partial charge < -0.3 is 5.11 Å². The summed E-state index contributed by atoms with van der Waals surface area (Å²) in [5.74, 6) is 5.11. The Morgan fingerprint density at radius 3 is 2.35 bits per heavy atom. The molecule has 2 heteroatoms. The van der Waals surface area contributed by atoms with Gasteiger partial charge in [0.2, 0.25) is 0 Å². The molecule has 1 nitrogen and oxygen atoms in total. The second-order valence-electron chi connectivity index (χ2n) is 10.6. The van der Waals surface area contributed by atoms with Crippen LogP contribution in [-0.2, 0) is 0 Å². The minimum atomic E-state index is -0.415. The van der Waals surface area contributed by atoms with Crippen LogP contribution in [0.2, 0.25) is 0 Å². The van der Waals surface area contributed by atoms with Gasteiger partial charge in [0, 0.05) is 10.5 Å². The molecular formula is C21H34OS. The lowest BCUT2D eigenvalue weighted by atomic mass is 9.44. The quantitative estimate of drug-likeness (QED) is 0.609. The molecule has 1 spiro atoms. The minimum Gasteiger partial charge on any atom is -0.390 e. The zero-order chi connectivity index (χ0) is 16.1. The van der Waals surface area contributed by atoms with Crippen LogP contribution >= 0.6 is 11.8 Å². The fourth-order valence-electron chi connectivity index (χ4n) is 7.92. The molecule has 0 aromatic carbocycles. The van der Waals surface area contributed by atoms with Gasteiger partial charge in [-0.3, -0.25) is 0 Å². The monoisotopic (exact) mass is 334 g/mol. The molecule has 1 aliphatic heterocycles. The van der Waals surface area contributed by atoms with Crippen molar-refractivity contribution in [2.75, 3.05) is 5.75 Å². The Morgan fingerprint density at radius 1 is 0.870 bits per heavy atom. The average Bonchev–Trinajstić information content (AvgIpc) is 3.21. The van der Waals surface area contributed by atoms with Crippen molar-refractivity contribution in [1.82, 2.24) is 0 Å². The summed E-state index contributed by atoms with van der Waals surface area (Å²) in [6.07, 6.45) is 12.4. The van der Waals surface area contributed by atoms with Gasteiger partial charge in [0.1, 0.15) is 0 Å². The molecule has 4 saturated carbocycles. The first-order valence-corrected chi connectivity index (χ1v) is 11.1. The molecular weight excluding hydrogens is 300 g/mol. The fraction of sp³-hybridized carbons (Fsp3) is 1.00. The van der Waals surface area contributed by atoms with Gasteiger partial charge in [0.05, 0.1) is 5.60 Å². The summed E-state index contributed by atoms with van der Waals surface area (Å²) in [5.41, 5.74) is 0.397. The molecule has 23 heavy (non-hydrogen) atoms. The summed E-state index contributed by atoms with van der Waals surface area (Å²) in [6.45, 7) is 7.23. The normalized spacial score (nSPS) is 64.2. The topological polar surface area (TPSA) is 20.2 Å². The number of hydrogen-bond donors (Lipinski definition) is 1.